The predicted octanol–water partition coefficient (Wildman–Crippen LogP) is 4.89. The molecule has 3 aromatic carbocycles. The van der Waals surface area contributed by atoms with Crippen molar-refractivity contribution in [1.29, 1.82) is 0 Å². The van der Waals surface area contributed by atoms with Gasteiger partial charge in [-0.1, -0.05) is 30.3 Å². The molecule has 7 nitrogen and oxygen atoms in total. The molecule has 0 radical (unpaired) electrons. The van der Waals surface area contributed by atoms with Gasteiger partial charge in [-0.3, -0.25) is 9.36 Å². The third kappa shape index (κ3) is 4.30. The molecule has 0 bridgehead atoms. The molecule has 180 valence electrons. The highest BCUT2D eigenvalue weighted by Gasteiger charge is 2.39. The van der Waals surface area contributed by atoms with Crippen LogP contribution in [0.25, 0.3) is 22.4 Å². The number of imidazole rings is 1. The van der Waals surface area contributed by atoms with E-state index in [4.69, 9.17) is 0 Å². The summed E-state index contributed by atoms with van der Waals surface area (Å²) in [7, 11) is -3.80. The first-order valence-corrected chi connectivity index (χ1v) is 12.5. The van der Waals surface area contributed by atoms with Crippen molar-refractivity contribution < 1.29 is 22.0 Å². The van der Waals surface area contributed by atoms with Crippen LogP contribution in [0, 0.1) is 0 Å². The number of carbonyl (C=O) groups excluding carboxylic acids is 1. The fourth-order valence-corrected chi connectivity index (χ4v) is 6.07. The average Bonchev–Trinajstić information content (AvgIpc) is 3.51. The lowest BCUT2D eigenvalue weighted by Gasteiger charge is -2.23. The number of nitrogens with zero attached hydrogens (tertiary/aromatic N) is 3. The summed E-state index contributed by atoms with van der Waals surface area (Å²) in [5.41, 5.74) is 1.69. The number of hydrogen-bond donors (Lipinski definition) is 1. The van der Waals surface area contributed by atoms with Gasteiger partial charge in [0.15, 0.2) is 0 Å². The molecule has 0 saturated carbocycles. The van der Waals surface area contributed by atoms with Crippen LogP contribution in [0.5, 0.6) is 0 Å². The summed E-state index contributed by atoms with van der Waals surface area (Å²) in [5, 5.41) is 2.76. The molecule has 2 heterocycles. The molecule has 1 fully saturated rings. The summed E-state index contributed by atoms with van der Waals surface area (Å²) in [4.78, 5) is 17.5. The second kappa shape index (κ2) is 9.20. The molecule has 1 aromatic heterocycles. The van der Waals surface area contributed by atoms with Gasteiger partial charge in [-0.15, -0.1) is 0 Å². The molecule has 1 unspecified atom stereocenters. The Balaban J connectivity index is 1.36. The van der Waals surface area contributed by atoms with Crippen molar-refractivity contribution in [3.63, 3.8) is 0 Å². The number of carbonyl (C=O) groups is 1. The van der Waals surface area contributed by atoms with E-state index >= 15 is 0 Å². The van der Waals surface area contributed by atoms with Crippen LogP contribution in [0.2, 0.25) is 0 Å². The molecular weight excluding hydrogens is 474 g/mol. The first-order chi connectivity index (χ1) is 16.9. The van der Waals surface area contributed by atoms with Gasteiger partial charge in [0.05, 0.1) is 15.9 Å². The van der Waals surface area contributed by atoms with Gasteiger partial charge < -0.3 is 5.32 Å². The third-order valence-corrected chi connectivity index (χ3v) is 7.98. The fraction of sp³-hybridized carbons (Fsp3) is 0.200. The maximum Gasteiger partial charge on any atom is 0.320 e. The van der Waals surface area contributed by atoms with Crippen molar-refractivity contribution in [3.05, 3.63) is 78.9 Å². The minimum absolute atomic E-state index is 0.120. The lowest BCUT2D eigenvalue weighted by molar-refractivity contribution is -0.119. The largest absolute Gasteiger partial charge is 0.325 e. The number of aromatic nitrogens is 2. The third-order valence-electron chi connectivity index (χ3n) is 6.06. The molecule has 10 heteroatoms. The number of halogens is 2. The van der Waals surface area contributed by atoms with E-state index in [0.29, 0.717) is 35.1 Å². The first-order valence-electron chi connectivity index (χ1n) is 11.1. The van der Waals surface area contributed by atoms with Crippen molar-refractivity contribution in [1.82, 2.24) is 13.9 Å². The van der Waals surface area contributed by atoms with Gasteiger partial charge >= 0.3 is 6.55 Å². The number of anilines is 1. The van der Waals surface area contributed by atoms with Gasteiger partial charge in [0.25, 0.3) is 0 Å². The van der Waals surface area contributed by atoms with Crippen LogP contribution in [0.1, 0.15) is 19.4 Å². The highest BCUT2D eigenvalue weighted by molar-refractivity contribution is 7.89. The molecule has 1 N–H and O–H groups in total. The smallest absolute Gasteiger partial charge is 0.320 e. The molecule has 5 rings (SSSR count). The van der Waals surface area contributed by atoms with Crippen molar-refractivity contribution in [2.45, 2.75) is 30.3 Å². The van der Waals surface area contributed by atoms with Crippen molar-refractivity contribution in [2.24, 2.45) is 0 Å². The number of para-hydroxylation sites is 2. The Bertz CT molecular complexity index is 1470. The minimum Gasteiger partial charge on any atom is -0.325 e. The Morgan fingerprint density at radius 3 is 2.37 bits per heavy atom. The van der Waals surface area contributed by atoms with Gasteiger partial charge in [-0.05, 0) is 61.4 Å². The van der Waals surface area contributed by atoms with Crippen LogP contribution in [-0.4, -0.2) is 40.8 Å². The second-order valence-corrected chi connectivity index (χ2v) is 10.1. The molecule has 1 atom stereocenters. The number of nitrogens with one attached hydrogen (secondary N) is 1. The van der Waals surface area contributed by atoms with Crippen LogP contribution in [-0.2, 0) is 14.8 Å². The van der Waals surface area contributed by atoms with Gasteiger partial charge in [-0.25, -0.2) is 13.4 Å². The summed E-state index contributed by atoms with van der Waals surface area (Å²) in [6.07, 6.45) is 0.987. The molecule has 1 aliphatic heterocycles. The van der Waals surface area contributed by atoms with E-state index in [-0.39, 0.29) is 17.3 Å². The number of hydrogen-bond acceptors (Lipinski definition) is 4. The highest BCUT2D eigenvalue weighted by Crippen LogP contribution is 2.31. The van der Waals surface area contributed by atoms with Crippen molar-refractivity contribution >= 4 is 32.7 Å². The SMILES string of the molecule is O=C(Nc1ccc(-c2nc3ccccc3n2C(F)F)cc1)C1CCCN1S(=O)(=O)c1ccccc1. The maximum absolute atomic E-state index is 13.8. The van der Waals surface area contributed by atoms with E-state index in [1.54, 1.807) is 66.7 Å². The van der Waals surface area contributed by atoms with E-state index in [1.807, 2.05) is 0 Å². The number of alkyl halides is 2. The fourth-order valence-electron chi connectivity index (χ4n) is 4.39. The van der Waals surface area contributed by atoms with Crippen molar-refractivity contribution in [3.8, 4) is 11.4 Å². The Kier molecular flexibility index (Phi) is 6.08. The molecular formula is C25H22F2N4O3S. The second-order valence-electron chi connectivity index (χ2n) is 8.23. The lowest BCUT2D eigenvalue weighted by atomic mass is 10.1. The first kappa shape index (κ1) is 23.1. The van der Waals surface area contributed by atoms with E-state index in [9.17, 15) is 22.0 Å². The Labute approximate surface area is 201 Å². The predicted molar refractivity (Wildman–Crippen MR) is 128 cm³/mol. The Hall–Kier alpha value is -3.63. The molecule has 1 saturated heterocycles. The summed E-state index contributed by atoms with van der Waals surface area (Å²) in [5.74, 6) is -0.315. The number of rotatable bonds is 6. The van der Waals surface area contributed by atoms with Gasteiger partial charge in [0.1, 0.15) is 11.9 Å². The summed E-state index contributed by atoms with van der Waals surface area (Å²) < 4.78 is 55.7. The maximum atomic E-state index is 13.8. The average molecular weight is 497 g/mol. The van der Waals surface area contributed by atoms with Crippen LogP contribution in [0.15, 0.2) is 83.8 Å². The van der Waals surface area contributed by atoms with Crippen LogP contribution >= 0.6 is 0 Å². The van der Waals surface area contributed by atoms with E-state index in [1.165, 1.54) is 16.4 Å². The van der Waals surface area contributed by atoms with Gasteiger partial charge in [0.2, 0.25) is 15.9 Å². The van der Waals surface area contributed by atoms with Crippen LogP contribution in [0.3, 0.4) is 0 Å². The molecule has 1 aliphatic rings. The van der Waals surface area contributed by atoms with Crippen LogP contribution < -0.4 is 5.32 Å². The van der Waals surface area contributed by atoms with E-state index in [0.717, 1.165) is 4.57 Å². The van der Waals surface area contributed by atoms with E-state index in [2.05, 4.69) is 10.3 Å². The summed E-state index contributed by atoms with van der Waals surface area (Å²) in [6.45, 7) is -2.50. The Morgan fingerprint density at radius 1 is 0.971 bits per heavy atom. The summed E-state index contributed by atoms with van der Waals surface area (Å²) in [6, 6.07) is 20.2. The zero-order valence-electron chi connectivity index (χ0n) is 18.5. The number of benzene rings is 3. The number of amides is 1. The zero-order valence-corrected chi connectivity index (χ0v) is 19.3. The van der Waals surface area contributed by atoms with Crippen molar-refractivity contribution in [2.75, 3.05) is 11.9 Å². The van der Waals surface area contributed by atoms with Gasteiger partial charge in [-0.2, -0.15) is 13.1 Å². The topological polar surface area (TPSA) is 84.3 Å². The lowest BCUT2D eigenvalue weighted by Crippen LogP contribution is -2.43. The number of fused-ring (bicyclic) bond motifs is 1. The molecule has 35 heavy (non-hydrogen) atoms. The molecule has 0 spiro atoms. The highest BCUT2D eigenvalue weighted by atomic mass is 32.2. The zero-order chi connectivity index (χ0) is 24.6. The number of sulfonamides is 1. The van der Waals surface area contributed by atoms with E-state index < -0.39 is 28.5 Å². The molecule has 0 aliphatic carbocycles. The standard InChI is InChI=1S/C25H22F2N4O3S/c26-25(27)31-21-10-5-4-9-20(21)29-23(31)17-12-14-18(15-13-17)28-24(32)22-11-6-16-30(22)35(33,34)19-7-2-1-3-8-19/h1-5,7-10,12-15,22,25H,6,11,16H2,(H,28,32). The Morgan fingerprint density at radius 2 is 1.66 bits per heavy atom. The molecule has 1 amide bonds. The monoisotopic (exact) mass is 496 g/mol. The molecule has 4 aromatic rings. The quantitative estimate of drug-likeness (QED) is 0.412. The normalized spacial score (nSPS) is 16.7. The van der Waals surface area contributed by atoms with Gasteiger partial charge in [0, 0.05) is 17.8 Å². The summed E-state index contributed by atoms with van der Waals surface area (Å²) >= 11 is 0. The minimum atomic E-state index is -3.80. The van der Waals surface area contributed by atoms with Crippen LogP contribution in [0.4, 0.5) is 14.5 Å².